The number of hydrogen-bond acceptors (Lipinski definition) is 6. The van der Waals surface area contributed by atoms with Crippen molar-refractivity contribution in [2.45, 2.75) is 25.9 Å². The van der Waals surface area contributed by atoms with Crippen molar-refractivity contribution in [3.63, 3.8) is 0 Å². The highest BCUT2D eigenvalue weighted by molar-refractivity contribution is 5.95. The fourth-order valence-corrected chi connectivity index (χ4v) is 4.56. The molecular formula is C26H31N4O3+. The van der Waals surface area contributed by atoms with Crippen LogP contribution >= 0.6 is 0 Å². The van der Waals surface area contributed by atoms with Gasteiger partial charge >= 0.3 is 0 Å². The highest BCUT2D eigenvalue weighted by Crippen LogP contribution is 2.17. The third-order valence-electron chi connectivity index (χ3n) is 6.25. The van der Waals surface area contributed by atoms with Gasteiger partial charge in [-0.15, -0.1) is 0 Å². The van der Waals surface area contributed by atoms with Crippen molar-refractivity contribution in [1.29, 1.82) is 0 Å². The van der Waals surface area contributed by atoms with Gasteiger partial charge in [-0.1, -0.05) is 24.3 Å². The van der Waals surface area contributed by atoms with Crippen molar-refractivity contribution in [2.75, 3.05) is 46.0 Å². The van der Waals surface area contributed by atoms with Crippen LogP contribution in [0.3, 0.4) is 0 Å². The molecule has 172 valence electrons. The normalized spacial score (nSPS) is 17.8. The number of benzene rings is 2. The van der Waals surface area contributed by atoms with E-state index in [9.17, 15) is 5.11 Å². The molecule has 33 heavy (non-hydrogen) atoms. The van der Waals surface area contributed by atoms with Crippen LogP contribution in [-0.4, -0.2) is 78.2 Å². The molecule has 0 aromatic heterocycles. The Bertz CT molecular complexity index is 1060. The lowest BCUT2D eigenvalue weighted by atomic mass is 10.1. The lowest BCUT2D eigenvalue weighted by molar-refractivity contribution is -0.535. The van der Waals surface area contributed by atoms with Gasteiger partial charge in [0.15, 0.2) is 0 Å². The van der Waals surface area contributed by atoms with E-state index >= 15 is 0 Å². The zero-order valence-corrected chi connectivity index (χ0v) is 18.9. The van der Waals surface area contributed by atoms with E-state index in [2.05, 4.69) is 68.0 Å². The molecule has 1 N–H and O–H groups in total. The van der Waals surface area contributed by atoms with Crippen molar-refractivity contribution < 1.29 is 19.2 Å². The molecule has 0 radical (unpaired) electrons. The fraction of sp³-hybridized carbons (Fsp3) is 0.423. The molecule has 0 aliphatic carbocycles. The van der Waals surface area contributed by atoms with E-state index in [-0.39, 0.29) is 6.61 Å². The molecular weight excluding hydrogens is 416 g/mol. The van der Waals surface area contributed by atoms with Crippen molar-refractivity contribution in [3.05, 3.63) is 70.8 Å². The molecule has 5 rings (SSSR count). The fourth-order valence-electron chi connectivity index (χ4n) is 4.56. The first-order chi connectivity index (χ1) is 16.3. The molecule has 2 aromatic rings. The summed E-state index contributed by atoms with van der Waals surface area (Å²) in [6, 6.07) is 17.1. The zero-order chi connectivity index (χ0) is 22.5. The number of nitrogens with zero attached hydrogens (tertiary/aromatic N) is 4. The zero-order valence-electron chi connectivity index (χ0n) is 18.9. The molecule has 7 heteroatoms. The van der Waals surface area contributed by atoms with E-state index < -0.39 is 0 Å². The highest BCUT2D eigenvalue weighted by atomic mass is 16.5. The summed E-state index contributed by atoms with van der Waals surface area (Å²) in [6.07, 6.45) is 1.65. The van der Waals surface area contributed by atoms with Crippen molar-refractivity contribution >= 4 is 17.6 Å². The monoisotopic (exact) mass is 447 g/mol. The first-order valence-corrected chi connectivity index (χ1v) is 11.8. The molecule has 0 saturated carbocycles. The van der Waals surface area contributed by atoms with Crippen LogP contribution in [0.4, 0.5) is 0 Å². The van der Waals surface area contributed by atoms with Crippen LogP contribution in [0.5, 0.6) is 0 Å². The van der Waals surface area contributed by atoms with Gasteiger partial charge in [0.05, 0.1) is 19.5 Å². The van der Waals surface area contributed by atoms with Crippen molar-refractivity contribution in [2.24, 2.45) is 9.98 Å². The summed E-state index contributed by atoms with van der Waals surface area (Å²) in [5.74, 6) is 2.81. The smallest absolute Gasteiger partial charge is 0.247 e. The molecule has 3 aliphatic heterocycles. The van der Waals surface area contributed by atoms with E-state index in [1.54, 1.807) is 0 Å². The molecule has 7 nitrogen and oxygen atoms in total. The molecule has 0 bridgehead atoms. The first kappa shape index (κ1) is 21.6. The summed E-state index contributed by atoms with van der Waals surface area (Å²) in [7, 11) is 0. The van der Waals surface area contributed by atoms with E-state index in [4.69, 9.17) is 9.47 Å². The Morgan fingerprint density at radius 2 is 1.45 bits per heavy atom. The van der Waals surface area contributed by atoms with Crippen LogP contribution < -0.4 is 0 Å². The molecule has 0 amide bonds. The molecule has 3 aliphatic rings. The Labute approximate surface area is 194 Å². The van der Waals surface area contributed by atoms with Gasteiger partial charge in [-0.25, -0.2) is 9.98 Å². The molecule has 3 heterocycles. The second-order valence-corrected chi connectivity index (χ2v) is 8.55. The second kappa shape index (κ2) is 10.2. The minimum Gasteiger partial charge on any atom is -0.476 e. The number of aliphatic hydroxyl groups excluding tert-OH is 1. The second-order valence-electron chi connectivity index (χ2n) is 8.55. The predicted molar refractivity (Wildman–Crippen MR) is 128 cm³/mol. The van der Waals surface area contributed by atoms with Crippen molar-refractivity contribution in [1.82, 2.24) is 4.90 Å². The number of aliphatic imine (C=N–C) groups is 2. The Morgan fingerprint density at radius 1 is 0.848 bits per heavy atom. The lowest BCUT2D eigenvalue weighted by Gasteiger charge is -2.14. The Hall–Kier alpha value is -3.19. The van der Waals surface area contributed by atoms with Crippen LogP contribution in [0, 0.1) is 0 Å². The van der Waals surface area contributed by atoms with E-state index in [0.717, 1.165) is 75.0 Å². The first-order valence-electron chi connectivity index (χ1n) is 11.8. The predicted octanol–water partition coefficient (Wildman–Crippen LogP) is 2.44. The van der Waals surface area contributed by atoms with Crippen LogP contribution in [0.2, 0.25) is 0 Å². The largest absolute Gasteiger partial charge is 0.476 e. The maximum Gasteiger partial charge on any atom is 0.247 e. The van der Waals surface area contributed by atoms with Gasteiger partial charge in [-0.3, -0.25) is 9.48 Å². The maximum atomic E-state index is 9.45. The van der Waals surface area contributed by atoms with Gasteiger partial charge in [0.1, 0.15) is 39.4 Å². The lowest BCUT2D eigenvalue weighted by Crippen LogP contribution is -2.29. The molecule has 0 spiro atoms. The average molecular weight is 448 g/mol. The summed E-state index contributed by atoms with van der Waals surface area (Å²) in [5.41, 5.74) is 4.62. The Kier molecular flexibility index (Phi) is 6.67. The highest BCUT2D eigenvalue weighted by Gasteiger charge is 2.30. The van der Waals surface area contributed by atoms with Gasteiger partial charge in [-0.2, -0.15) is 0 Å². The van der Waals surface area contributed by atoms with Crippen LogP contribution in [-0.2, 0) is 22.6 Å². The van der Waals surface area contributed by atoms with Crippen LogP contribution in [0.25, 0.3) is 0 Å². The number of ether oxygens (including phenoxy) is 2. The van der Waals surface area contributed by atoms with Gasteiger partial charge in [0.25, 0.3) is 0 Å². The van der Waals surface area contributed by atoms with Crippen LogP contribution in [0.15, 0.2) is 58.5 Å². The van der Waals surface area contributed by atoms with Gasteiger partial charge in [0, 0.05) is 17.7 Å². The summed E-state index contributed by atoms with van der Waals surface area (Å²) >= 11 is 0. The summed E-state index contributed by atoms with van der Waals surface area (Å²) in [4.78, 5) is 11.2. The quantitative estimate of drug-likeness (QED) is 0.600. The van der Waals surface area contributed by atoms with Crippen LogP contribution in [0.1, 0.15) is 35.1 Å². The SMILES string of the molecule is OCCCC1=[N+](Cc2ccc(C3=NCCO3)cc2)CCN1Cc1ccc(C2=NCCO2)cc1. The molecule has 0 unspecified atom stereocenters. The summed E-state index contributed by atoms with van der Waals surface area (Å²) in [5, 5.41) is 9.45. The number of hydrogen-bond donors (Lipinski definition) is 1. The van der Waals surface area contributed by atoms with Gasteiger partial charge in [0.2, 0.25) is 17.6 Å². The third-order valence-corrected chi connectivity index (χ3v) is 6.25. The third kappa shape index (κ3) is 5.09. The average Bonchev–Trinajstić information content (AvgIpc) is 3.63. The van der Waals surface area contributed by atoms with E-state index in [1.165, 1.54) is 17.0 Å². The molecule has 2 aromatic carbocycles. The minimum absolute atomic E-state index is 0.207. The molecule has 0 saturated heterocycles. The topological polar surface area (TPSA) is 69.7 Å². The Balaban J connectivity index is 1.28. The number of aliphatic hydroxyl groups is 1. The standard InChI is InChI=1S/C26H31N4O3/c31-15-1-2-24-29(18-20-3-7-22(8-4-20)25-27-11-16-32-25)13-14-30(24)19-21-5-9-23(10-6-21)26-28-12-17-33-26/h3-10,31H,1-2,11-19H2/q+1. The van der Waals surface area contributed by atoms with Gasteiger partial charge in [-0.05, 0) is 41.8 Å². The Morgan fingerprint density at radius 3 is 2.00 bits per heavy atom. The number of rotatable bonds is 9. The number of amidine groups is 1. The minimum atomic E-state index is 0.207. The molecule has 0 fully saturated rings. The summed E-state index contributed by atoms with van der Waals surface area (Å²) < 4.78 is 13.6. The molecule has 0 atom stereocenters. The summed E-state index contributed by atoms with van der Waals surface area (Å²) in [6.45, 7) is 6.75. The van der Waals surface area contributed by atoms with Crippen molar-refractivity contribution in [3.8, 4) is 0 Å². The van der Waals surface area contributed by atoms with E-state index in [1.807, 2.05) is 0 Å². The van der Waals surface area contributed by atoms with E-state index in [0.29, 0.717) is 13.2 Å². The maximum absolute atomic E-state index is 9.45. The van der Waals surface area contributed by atoms with Gasteiger partial charge < -0.3 is 14.6 Å².